The lowest BCUT2D eigenvalue weighted by molar-refractivity contribution is 0.388. The average molecular weight is 530 g/mol. The number of hydrogen-bond acceptors (Lipinski definition) is 9. The predicted octanol–water partition coefficient (Wildman–Crippen LogP) is 4.68. The van der Waals surface area contributed by atoms with Crippen LogP contribution in [0.15, 0.2) is 67.5 Å². The number of aryl methyl sites for hydroxylation is 1. The number of benzene rings is 1. The standard InChI is InChI=1S/C26H20ClN7O4/c1-12-9-15(14(3)30-18-5-6-19(27)31-20(18)24-32-26(36)38-33-24)23-16(10-12)21(35)13(2)22(37-23)17-11-29-34-8-4-7-28-25(17)34/h4-11,14,30H,1-3H3,(H,32,33,36)/t14-/m1/s1. The van der Waals surface area contributed by atoms with Crippen LogP contribution in [0, 0.1) is 13.8 Å². The number of hydrogen-bond donors (Lipinski definition) is 2. The maximum Gasteiger partial charge on any atom is 0.439 e. The number of nitrogens with zero attached hydrogens (tertiary/aromatic N) is 5. The van der Waals surface area contributed by atoms with Crippen LogP contribution in [0.4, 0.5) is 5.69 Å². The minimum absolute atomic E-state index is 0.131. The molecule has 5 heterocycles. The number of rotatable bonds is 5. The topological polar surface area (TPSA) is 144 Å². The van der Waals surface area contributed by atoms with Crippen LogP contribution in [0.1, 0.15) is 29.7 Å². The highest BCUT2D eigenvalue weighted by Crippen LogP contribution is 2.34. The van der Waals surface area contributed by atoms with Crippen molar-refractivity contribution in [2.75, 3.05) is 5.32 Å². The summed E-state index contributed by atoms with van der Waals surface area (Å²) in [5.74, 6) is -0.175. The molecule has 0 unspecified atom stereocenters. The van der Waals surface area contributed by atoms with E-state index in [1.54, 1.807) is 48.2 Å². The van der Waals surface area contributed by atoms with E-state index in [4.69, 9.17) is 16.0 Å². The summed E-state index contributed by atoms with van der Waals surface area (Å²) in [6, 6.07) is 8.53. The van der Waals surface area contributed by atoms with Crippen molar-refractivity contribution >= 4 is 33.9 Å². The number of aromatic amines is 1. The van der Waals surface area contributed by atoms with Gasteiger partial charge in [-0.2, -0.15) is 5.10 Å². The zero-order valence-electron chi connectivity index (χ0n) is 20.4. The Morgan fingerprint density at radius 3 is 2.82 bits per heavy atom. The van der Waals surface area contributed by atoms with Gasteiger partial charge in [0.2, 0.25) is 5.82 Å². The van der Waals surface area contributed by atoms with Crippen LogP contribution >= 0.6 is 11.6 Å². The Bertz CT molecular complexity index is 1970. The molecule has 0 radical (unpaired) electrons. The van der Waals surface area contributed by atoms with Crippen molar-refractivity contribution in [1.29, 1.82) is 0 Å². The molecule has 0 saturated heterocycles. The van der Waals surface area contributed by atoms with Gasteiger partial charge in [0, 0.05) is 23.5 Å². The summed E-state index contributed by atoms with van der Waals surface area (Å²) >= 11 is 6.11. The minimum Gasteiger partial charge on any atom is -0.455 e. The molecule has 2 N–H and O–H groups in total. The number of halogens is 1. The lowest BCUT2D eigenvalue weighted by atomic mass is 9.99. The molecule has 0 aliphatic heterocycles. The van der Waals surface area contributed by atoms with E-state index in [0.717, 1.165) is 11.1 Å². The quantitative estimate of drug-likeness (QED) is 0.304. The van der Waals surface area contributed by atoms with Crippen LogP contribution in [-0.4, -0.2) is 29.7 Å². The third-order valence-corrected chi connectivity index (χ3v) is 6.49. The van der Waals surface area contributed by atoms with Gasteiger partial charge in [-0.3, -0.25) is 14.3 Å². The predicted molar refractivity (Wildman–Crippen MR) is 141 cm³/mol. The molecule has 5 aromatic heterocycles. The number of anilines is 1. The molecule has 0 bridgehead atoms. The monoisotopic (exact) mass is 529 g/mol. The van der Waals surface area contributed by atoms with Gasteiger partial charge >= 0.3 is 5.76 Å². The van der Waals surface area contributed by atoms with Crippen LogP contribution in [0.5, 0.6) is 0 Å². The fourth-order valence-electron chi connectivity index (χ4n) is 4.51. The molecule has 0 aliphatic rings. The molecule has 6 rings (SSSR count). The molecule has 12 heteroatoms. The maximum absolute atomic E-state index is 13.5. The Morgan fingerprint density at radius 2 is 2.03 bits per heavy atom. The van der Waals surface area contributed by atoms with E-state index < -0.39 is 5.76 Å². The molecule has 1 atom stereocenters. The van der Waals surface area contributed by atoms with Crippen molar-refractivity contribution in [3.8, 4) is 22.8 Å². The molecule has 1 aromatic carbocycles. The number of pyridine rings is 1. The summed E-state index contributed by atoms with van der Waals surface area (Å²) in [6.45, 7) is 5.58. The Balaban J connectivity index is 1.51. The van der Waals surface area contributed by atoms with E-state index in [1.807, 2.05) is 26.0 Å². The molecule has 6 aromatic rings. The number of nitrogens with one attached hydrogen (secondary N) is 2. The van der Waals surface area contributed by atoms with Crippen LogP contribution in [0.2, 0.25) is 5.15 Å². The van der Waals surface area contributed by atoms with E-state index in [1.165, 1.54) is 0 Å². The van der Waals surface area contributed by atoms with Gasteiger partial charge in [-0.1, -0.05) is 22.8 Å². The van der Waals surface area contributed by atoms with E-state index in [0.29, 0.717) is 44.9 Å². The first kappa shape index (κ1) is 23.6. The summed E-state index contributed by atoms with van der Waals surface area (Å²) in [5.41, 5.74) is 4.47. The molecule has 0 amide bonds. The molecule has 38 heavy (non-hydrogen) atoms. The van der Waals surface area contributed by atoms with Gasteiger partial charge in [0.05, 0.1) is 28.9 Å². The van der Waals surface area contributed by atoms with Gasteiger partial charge < -0.3 is 9.73 Å². The SMILES string of the molecule is Cc1cc([C@@H](C)Nc2ccc(Cl)nc2-c2noc(=O)[nH]2)c2oc(-c3cnn4cccnc34)c(C)c(=O)c2c1. The van der Waals surface area contributed by atoms with E-state index >= 15 is 0 Å². The van der Waals surface area contributed by atoms with Gasteiger partial charge in [-0.25, -0.2) is 19.3 Å². The zero-order valence-corrected chi connectivity index (χ0v) is 21.2. The average Bonchev–Trinajstić information content (AvgIpc) is 3.53. The van der Waals surface area contributed by atoms with Crippen LogP contribution in [0.25, 0.3) is 39.5 Å². The Hall–Kier alpha value is -4.77. The summed E-state index contributed by atoms with van der Waals surface area (Å²) < 4.78 is 12.7. The minimum atomic E-state index is -0.711. The Morgan fingerprint density at radius 1 is 1.18 bits per heavy atom. The smallest absolute Gasteiger partial charge is 0.439 e. The third kappa shape index (κ3) is 3.93. The van der Waals surface area contributed by atoms with Crippen LogP contribution in [-0.2, 0) is 0 Å². The normalized spacial score (nSPS) is 12.3. The van der Waals surface area contributed by atoms with Gasteiger partial charge in [0.25, 0.3) is 0 Å². The van der Waals surface area contributed by atoms with Crippen molar-refractivity contribution in [2.45, 2.75) is 26.8 Å². The first-order valence-electron chi connectivity index (χ1n) is 11.7. The fraction of sp³-hybridized carbons (Fsp3) is 0.154. The van der Waals surface area contributed by atoms with Gasteiger partial charge in [-0.15, -0.1) is 0 Å². The highest BCUT2D eigenvalue weighted by atomic mass is 35.5. The summed E-state index contributed by atoms with van der Waals surface area (Å²) in [7, 11) is 0. The van der Waals surface area contributed by atoms with Crippen molar-refractivity contribution in [2.24, 2.45) is 0 Å². The first-order chi connectivity index (χ1) is 18.3. The van der Waals surface area contributed by atoms with Crippen molar-refractivity contribution in [1.82, 2.24) is 29.7 Å². The largest absolute Gasteiger partial charge is 0.455 e. The van der Waals surface area contributed by atoms with E-state index in [-0.39, 0.29) is 22.4 Å². The second-order valence-corrected chi connectivity index (χ2v) is 9.29. The summed E-state index contributed by atoms with van der Waals surface area (Å²) in [4.78, 5) is 36.3. The molecule has 0 fully saturated rings. The number of H-pyrrole nitrogens is 1. The van der Waals surface area contributed by atoms with Gasteiger partial charge in [-0.05, 0) is 50.6 Å². The first-order valence-corrected chi connectivity index (χ1v) is 12.0. The highest BCUT2D eigenvalue weighted by Gasteiger charge is 2.22. The number of fused-ring (bicyclic) bond motifs is 2. The molecule has 0 aliphatic carbocycles. The maximum atomic E-state index is 13.5. The Labute approximate surface area is 219 Å². The summed E-state index contributed by atoms with van der Waals surface area (Å²) in [6.07, 6.45) is 5.08. The number of aromatic nitrogens is 6. The van der Waals surface area contributed by atoms with Crippen molar-refractivity contribution < 1.29 is 8.94 Å². The van der Waals surface area contributed by atoms with Crippen molar-refractivity contribution in [3.05, 3.63) is 91.5 Å². The van der Waals surface area contributed by atoms with Crippen molar-refractivity contribution in [3.63, 3.8) is 0 Å². The molecule has 0 saturated carbocycles. The highest BCUT2D eigenvalue weighted by molar-refractivity contribution is 6.29. The molecule has 0 spiro atoms. The lowest BCUT2D eigenvalue weighted by Crippen LogP contribution is -2.13. The fourth-order valence-corrected chi connectivity index (χ4v) is 4.66. The second kappa shape index (κ2) is 8.96. The molecule has 190 valence electrons. The van der Waals surface area contributed by atoms with E-state index in [9.17, 15) is 9.59 Å². The molecular weight excluding hydrogens is 510 g/mol. The second-order valence-electron chi connectivity index (χ2n) is 8.90. The lowest BCUT2D eigenvalue weighted by Gasteiger charge is -2.19. The van der Waals surface area contributed by atoms with Crippen LogP contribution in [0.3, 0.4) is 0 Å². The Kier molecular flexibility index (Phi) is 5.57. The zero-order chi connectivity index (χ0) is 26.6. The van der Waals surface area contributed by atoms with Crippen LogP contribution < -0.4 is 16.5 Å². The van der Waals surface area contributed by atoms with Gasteiger partial charge in [0.15, 0.2) is 11.1 Å². The molecular formula is C26H20ClN7O4. The molecule has 11 nitrogen and oxygen atoms in total. The van der Waals surface area contributed by atoms with Gasteiger partial charge in [0.1, 0.15) is 22.2 Å². The van der Waals surface area contributed by atoms with E-state index in [2.05, 4.69) is 35.0 Å². The third-order valence-electron chi connectivity index (χ3n) is 6.28. The summed E-state index contributed by atoms with van der Waals surface area (Å²) in [5, 5.41) is 12.2.